The molecule has 2 aliphatic carbocycles. The van der Waals surface area contributed by atoms with Gasteiger partial charge in [-0.05, 0) is 38.0 Å². The summed E-state index contributed by atoms with van der Waals surface area (Å²) in [5.74, 6) is -1.87. The number of ketones is 2. The third-order valence-corrected chi connectivity index (χ3v) is 5.46. The first-order valence-electron chi connectivity index (χ1n) is 7.10. The van der Waals surface area contributed by atoms with Gasteiger partial charge < -0.3 is 5.11 Å². The molecule has 0 heterocycles. The standard InChI is InChI=1S/C15H22O4/c1-8-4-5-10(9(2)14(18)19)13(17)15(3)11(8)6-7-12(15)16/h8-11H,4-7H2,1-3H3,(H,18,19). The zero-order chi connectivity index (χ0) is 14.4. The van der Waals surface area contributed by atoms with Gasteiger partial charge in [-0.3, -0.25) is 14.4 Å². The van der Waals surface area contributed by atoms with Crippen molar-refractivity contribution in [2.45, 2.75) is 46.5 Å². The lowest BCUT2D eigenvalue weighted by molar-refractivity contribution is -0.151. The highest BCUT2D eigenvalue weighted by Crippen LogP contribution is 2.51. The maximum absolute atomic E-state index is 12.8. The molecule has 0 radical (unpaired) electrons. The molecule has 4 nitrogen and oxygen atoms in total. The number of carboxylic acid groups (broad SMARTS) is 1. The van der Waals surface area contributed by atoms with Crippen molar-refractivity contribution in [3.05, 3.63) is 0 Å². The van der Waals surface area contributed by atoms with Crippen LogP contribution < -0.4 is 0 Å². The van der Waals surface area contributed by atoms with Gasteiger partial charge in [0.1, 0.15) is 11.6 Å². The molecule has 0 aromatic heterocycles. The fourth-order valence-corrected chi connectivity index (χ4v) is 4.02. The van der Waals surface area contributed by atoms with Gasteiger partial charge in [-0.2, -0.15) is 0 Å². The number of hydrogen-bond donors (Lipinski definition) is 1. The summed E-state index contributed by atoms with van der Waals surface area (Å²) in [7, 11) is 0. The first-order chi connectivity index (χ1) is 8.80. The maximum Gasteiger partial charge on any atom is 0.306 e. The molecule has 1 N–H and O–H groups in total. The van der Waals surface area contributed by atoms with Crippen molar-refractivity contribution in [3.63, 3.8) is 0 Å². The molecule has 2 rings (SSSR count). The number of rotatable bonds is 2. The van der Waals surface area contributed by atoms with E-state index in [1.54, 1.807) is 13.8 Å². The molecule has 2 aliphatic rings. The molecule has 0 aromatic carbocycles. The van der Waals surface area contributed by atoms with Crippen LogP contribution >= 0.6 is 0 Å². The Morgan fingerprint density at radius 1 is 1.32 bits per heavy atom. The number of carbonyl (C=O) groups is 3. The second-order valence-electron chi connectivity index (χ2n) is 6.42. The lowest BCUT2D eigenvalue weighted by atomic mass is 9.68. The molecule has 5 atom stereocenters. The van der Waals surface area contributed by atoms with Crippen molar-refractivity contribution in [2.75, 3.05) is 0 Å². The zero-order valence-electron chi connectivity index (χ0n) is 11.8. The van der Waals surface area contributed by atoms with Gasteiger partial charge in [-0.25, -0.2) is 0 Å². The molecule has 0 bridgehead atoms. The van der Waals surface area contributed by atoms with Crippen LogP contribution in [0.4, 0.5) is 0 Å². The monoisotopic (exact) mass is 266 g/mol. The van der Waals surface area contributed by atoms with Crippen molar-refractivity contribution in [3.8, 4) is 0 Å². The topological polar surface area (TPSA) is 71.4 Å². The Kier molecular flexibility index (Phi) is 3.54. The van der Waals surface area contributed by atoms with Crippen molar-refractivity contribution in [1.29, 1.82) is 0 Å². The number of hydrogen-bond acceptors (Lipinski definition) is 3. The van der Waals surface area contributed by atoms with Crippen LogP contribution in [0.5, 0.6) is 0 Å². The van der Waals surface area contributed by atoms with Crippen LogP contribution in [-0.2, 0) is 14.4 Å². The van der Waals surface area contributed by atoms with E-state index in [9.17, 15) is 14.4 Å². The minimum Gasteiger partial charge on any atom is -0.481 e. The van der Waals surface area contributed by atoms with Gasteiger partial charge in [-0.15, -0.1) is 0 Å². The summed E-state index contributed by atoms with van der Waals surface area (Å²) < 4.78 is 0. The highest BCUT2D eigenvalue weighted by Gasteiger charge is 2.57. The van der Waals surface area contributed by atoms with Crippen molar-refractivity contribution >= 4 is 17.5 Å². The van der Waals surface area contributed by atoms with E-state index in [-0.39, 0.29) is 17.5 Å². The van der Waals surface area contributed by atoms with E-state index in [4.69, 9.17) is 5.11 Å². The molecule has 0 aromatic rings. The van der Waals surface area contributed by atoms with Crippen LogP contribution in [0.25, 0.3) is 0 Å². The smallest absolute Gasteiger partial charge is 0.306 e. The Bertz CT molecular complexity index is 428. The Labute approximate surface area is 113 Å². The summed E-state index contributed by atoms with van der Waals surface area (Å²) in [5.41, 5.74) is -0.940. The van der Waals surface area contributed by atoms with Crippen molar-refractivity contribution in [2.24, 2.45) is 29.1 Å². The van der Waals surface area contributed by atoms with Crippen LogP contribution in [0, 0.1) is 29.1 Å². The number of Topliss-reactive ketones (excluding diaryl/α,β-unsaturated/α-hetero) is 2. The second-order valence-corrected chi connectivity index (χ2v) is 6.42. The van der Waals surface area contributed by atoms with Gasteiger partial charge >= 0.3 is 5.97 Å². The van der Waals surface area contributed by atoms with Gasteiger partial charge in [0, 0.05) is 12.3 Å². The predicted octanol–water partition coefficient (Wildman–Crippen LogP) is 2.31. The van der Waals surface area contributed by atoms with Crippen molar-refractivity contribution in [1.82, 2.24) is 0 Å². The summed E-state index contributed by atoms with van der Waals surface area (Å²) in [6.07, 6.45) is 2.66. The van der Waals surface area contributed by atoms with E-state index in [0.717, 1.165) is 12.8 Å². The molecule has 0 saturated heterocycles. The van der Waals surface area contributed by atoms with Crippen LogP contribution in [-0.4, -0.2) is 22.6 Å². The maximum atomic E-state index is 12.8. The molecule has 106 valence electrons. The van der Waals surface area contributed by atoms with E-state index < -0.39 is 23.2 Å². The molecule has 0 spiro atoms. The SMILES string of the molecule is CC1CCC(C(C)C(=O)O)C(=O)C2(C)C(=O)CCC12. The lowest BCUT2D eigenvalue weighted by Gasteiger charge is -2.32. The number of aliphatic carboxylic acids is 1. The molecule has 5 unspecified atom stereocenters. The Balaban J connectivity index is 2.40. The number of carboxylic acids is 1. The van der Waals surface area contributed by atoms with E-state index in [1.165, 1.54) is 0 Å². The molecule has 2 fully saturated rings. The largest absolute Gasteiger partial charge is 0.481 e. The first kappa shape index (κ1) is 14.2. The first-order valence-corrected chi connectivity index (χ1v) is 7.10. The normalized spacial score (nSPS) is 40.7. The summed E-state index contributed by atoms with van der Waals surface area (Å²) in [5, 5.41) is 9.16. The van der Waals surface area contributed by atoms with E-state index >= 15 is 0 Å². The van der Waals surface area contributed by atoms with Crippen LogP contribution in [0.2, 0.25) is 0 Å². The fraction of sp³-hybridized carbons (Fsp3) is 0.800. The molecular weight excluding hydrogens is 244 g/mol. The van der Waals surface area contributed by atoms with Crippen LogP contribution in [0.3, 0.4) is 0 Å². The van der Waals surface area contributed by atoms with E-state index in [1.807, 2.05) is 0 Å². The molecule has 2 saturated carbocycles. The average molecular weight is 266 g/mol. The van der Waals surface area contributed by atoms with Crippen molar-refractivity contribution < 1.29 is 19.5 Å². The van der Waals surface area contributed by atoms with Gasteiger partial charge in [-0.1, -0.05) is 13.8 Å². The minimum atomic E-state index is -0.946. The fourth-order valence-electron chi connectivity index (χ4n) is 4.02. The van der Waals surface area contributed by atoms with Crippen LogP contribution in [0.15, 0.2) is 0 Å². The summed E-state index contributed by atoms with van der Waals surface area (Å²) in [6, 6.07) is 0. The molecule has 4 heteroatoms. The zero-order valence-corrected chi connectivity index (χ0v) is 11.8. The Morgan fingerprint density at radius 2 is 1.95 bits per heavy atom. The highest BCUT2D eigenvalue weighted by atomic mass is 16.4. The lowest BCUT2D eigenvalue weighted by Crippen LogP contribution is -2.44. The number of carbonyl (C=O) groups excluding carboxylic acids is 2. The summed E-state index contributed by atoms with van der Waals surface area (Å²) >= 11 is 0. The Hall–Kier alpha value is -1.19. The van der Waals surface area contributed by atoms with E-state index in [2.05, 4.69) is 6.92 Å². The van der Waals surface area contributed by atoms with Gasteiger partial charge in [0.15, 0.2) is 0 Å². The molecule has 19 heavy (non-hydrogen) atoms. The minimum absolute atomic E-state index is 0.0128. The van der Waals surface area contributed by atoms with Gasteiger partial charge in [0.25, 0.3) is 0 Å². The average Bonchev–Trinajstić information content (AvgIpc) is 2.61. The highest BCUT2D eigenvalue weighted by molar-refractivity contribution is 6.10. The second kappa shape index (κ2) is 4.73. The molecule has 0 aliphatic heterocycles. The third-order valence-electron chi connectivity index (χ3n) is 5.46. The predicted molar refractivity (Wildman–Crippen MR) is 69.5 cm³/mol. The van der Waals surface area contributed by atoms with Crippen LogP contribution in [0.1, 0.15) is 46.5 Å². The molecular formula is C15H22O4. The summed E-state index contributed by atoms with van der Waals surface area (Å²) in [4.78, 5) is 36.2. The quantitative estimate of drug-likeness (QED) is 0.778. The third kappa shape index (κ3) is 2.01. The van der Waals surface area contributed by atoms with Gasteiger partial charge in [0.2, 0.25) is 0 Å². The number of fused-ring (bicyclic) bond motifs is 1. The van der Waals surface area contributed by atoms with E-state index in [0.29, 0.717) is 18.8 Å². The summed E-state index contributed by atoms with van der Waals surface area (Å²) in [6.45, 7) is 5.42. The Morgan fingerprint density at radius 3 is 2.53 bits per heavy atom. The molecule has 0 amide bonds. The van der Waals surface area contributed by atoms with Gasteiger partial charge in [0.05, 0.1) is 11.3 Å².